The molecular formula is C33H37FN4O2. The van der Waals surface area contributed by atoms with Crippen LogP contribution in [0.2, 0.25) is 0 Å². The van der Waals surface area contributed by atoms with Crippen molar-refractivity contribution in [2.45, 2.75) is 50.9 Å². The van der Waals surface area contributed by atoms with E-state index in [1.807, 2.05) is 26.0 Å². The third-order valence-electron chi connectivity index (χ3n) is 7.67. The SMILES string of the molecule is CC(C)CC(OC(c1ccc(F)cc1)c1ccc(-c2ccc(N3CCNCC3)cc2)cc1)C(=O)NC1(C#N)CC1. The van der Waals surface area contributed by atoms with Crippen LogP contribution in [0, 0.1) is 23.1 Å². The highest BCUT2D eigenvalue weighted by Gasteiger charge is 2.46. The minimum absolute atomic E-state index is 0.202. The lowest BCUT2D eigenvalue weighted by molar-refractivity contribution is -0.137. The van der Waals surface area contributed by atoms with E-state index < -0.39 is 17.7 Å². The van der Waals surface area contributed by atoms with Gasteiger partial charge in [-0.25, -0.2) is 4.39 Å². The molecule has 2 aliphatic rings. The molecule has 2 atom stereocenters. The molecule has 0 bridgehead atoms. The van der Waals surface area contributed by atoms with Gasteiger partial charge in [-0.05, 0) is 71.7 Å². The summed E-state index contributed by atoms with van der Waals surface area (Å²) in [6.45, 7) is 8.09. The van der Waals surface area contributed by atoms with Gasteiger partial charge in [0.2, 0.25) is 5.91 Å². The summed E-state index contributed by atoms with van der Waals surface area (Å²) >= 11 is 0. The molecule has 0 spiro atoms. The molecule has 3 aromatic rings. The average molecular weight is 541 g/mol. The second-order valence-corrected chi connectivity index (χ2v) is 11.3. The number of benzene rings is 3. The topological polar surface area (TPSA) is 77.4 Å². The molecule has 6 nitrogen and oxygen atoms in total. The van der Waals surface area contributed by atoms with Crippen LogP contribution in [0.5, 0.6) is 0 Å². The standard InChI is InChI=1S/C33H37FN4O2/c1-23(2)21-30(32(39)37-33(22-35)15-16-33)40-31(27-7-11-28(34)12-8-27)26-5-3-24(4-6-26)25-9-13-29(14-10-25)38-19-17-36-18-20-38/h3-14,23,30-31,36H,15-21H2,1-2H3,(H,37,39). The molecule has 0 aromatic heterocycles. The molecule has 208 valence electrons. The van der Waals surface area contributed by atoms with Gasteiger partial charge in [0.15, 0.2) is 0 Å². The van der Waals surface area contributed by atoms with Crippen molar-refractivity contribution in [2.75, 3.05) is 31.1 Å². The van der Waals surface area contributed by atoms with Gasteiger partial charge in [0.05, 0.1) is 6.07 Å². The van der Waals surface area contributed by atoms with E-state index in [4.69, 9.17) is 4.74 Å². The molecule has 40 heavy (non-hydrogen) atoms. The highest BCUT2D eigenvalue weighted by Crippen LogP contribution is 2.36. The molecular weight excluding hydrogens is 503 g/mol. The average Bonchev–Trinajstić information content (AvgIpc) is 3.76. The lowest BCUT2D eigenvalue weighted by Crippen LogP contribution is -2.44. The van der Waals surface area contributed by atoms with Crippen LogP contribution in [-0.4, -0.2) is 43.7 Å². The molecule has 3 aromatic carbocycles. The lowest BCUT2D eigenvalue weighted by atomic mass is 9.97. The highest BCUT2D eigenvalue weighted by molar-refractivity contribution is 5.82. The van der Waals surface area contributed by atoms with E-state index in [2.05, 4.69) is 58.0 Å². The summed E-state index contributed by atoms with van der Waals surface area (Å²) in [6, 6.07) is 25.2. The molecule has 7 heteroatoms. The molecule has 1 saturated carbocycles. The van der Waals surface area contributed by atoms with Crippen LogP contribution in [-0.2, 0) is 9.53 Å². The maximum Gasteiger partial charge on any atom is 0.250 e. The Morgan fingerprint density at radius 2 is 1.52 bits per heavy atom. The van der Waals surface area contributed by atoms with Crippen LogP contribution >= 0.6 is 0 Å². The Labute approximate surface area is 236 Å². The summed E-state index contributed by atoms with van der Waals surface area (Å²) < 4.78 is 20.3. The van der Waals surface area contributed by atoms with E-state index in [9.17, 15) is 14.4 Å². The monoisotopic (exact) mass is 540 g/mol. The van der Waals surface area contributed by atoms with Crippen molar-refractivity contribution in [3.63, 3.8) is 0 Å². The van der Waals surface area contributed by atoms with Gasteiger partial charge >= 0.3 is 0 Å². The molecule has 1 aliphatic heterocycles. The normalized spacial score (nSPS) is 17.6. The number of rotatable bonds is 10. The second kappa shape index (κ2) is 12.2. The summed E-state index contributed by atoms with van der Waals surface area (Å²) in [4.78, 5) is 15.7. The number of hydrogen-bond donors (Lipinski definition) is 2. The Kier molecular flexibility index (Phi) is 8.49. The minimum Gasteiger partial charge on any atom is -0.369 e. The second-order valence-electron chi connectivity index (χ2n) is 11.3. The molecule has 0 radical (unpaired) electrons. The van der Waals surface area contributed by atoms with E-state index in [0.29, 0.717) is 19.3 Å². The first kappa shape index (κ1) is 27.8. The first-order valence-electron chi connectivity index (χ1n) is 14.2. The van der Waals surface area contributed by atoms with Crippen LogP contribution in [0.4, 0.5) is 10.1 Å². The molecule has 1 amide bonds. The Morgan fingerprint density at radius 3 is 2.05 bits per heavy atom. The fraction of sp³-hybridized carbons (Fsp3) is 0.394. The van der Waals surface area contributed by atoms with Crippen LogP contribution in [0.1, 0.15) is 50.3 Å². The van der Waals surface area contributed by atoms with Crippen LogP contribution in [0.3, 0.4) is 0 Å². The van der Waals surface area contributed by atoms with Crippen molar-refractivity contribution in [1.82, 2.24) is 10.6 Å². The van der Waals surface area contributed by atoms with Crippen LogP contribution < -0.4 is 15.5 Å². The number of hydrogen-bond acceptors (Lipinski definition) is 5. The Hall–Kier alpha value is -3.73. The van der Waals surface area contributed by atoms with Gasteiger partial charge in [-0.2, -0.15) is 5.26 Å². The molecule has 1 saturated heterocycles. The fourth-order valence-corrected chi connectivity index (χ4v) is 5.15. The van der Waals surface area contributed by atoms with Crippen molar-refractivity contribution < 1.29 is 13.9 Å². The zero-order valence-corrected chi connectivity index (χ0v) is 23.2. The molecule has 2 unspecified atom stereocenters. The van der Waals surface area contributed by atoms with Gasteiger partial charge in [0.1, 0.15) is 23.6 Å². The van der Waals surface area contributed by atoms with E-state index in [1.165, 1.54) is 17.8 Å². The number of carbonyl (C=O) groups excluding carboxylic acids is 1. The van der Waals surface area contributed by atoms with Gasteiger partial charge in [-0.1, -0.05) is 62.4 Å². The summed E-state index contributed by atoms with van der Waals surface area (Å²) in [5.74, 6) is -0.405. The number of anilines is 1. The van der Waals surface area contributed by atoms with Crippen molar-refractivity contribution in [2.24, 2.45) is 5.92 Å². The van der Waals surface area contributed by atoms with Crippen LogP contribution in [0.15, 0.2) is 72.8 Å². The smallest absolute Gasteiger partial charge is 0.250 e. The predicted octanol–water partition coefficient (Wildman–Crippen LogP) is 5.60. The number of ether oxygens (including phenoxy) is 1. The third kappa shape index (κ3) is 6.70. The Bertz CT molecular complexity index is 1320. The zero-order chi connectivity index (χ0) is 28.1. The first-order valence-corrected chi connectivity index (χ1v) is 14.2. The summed E-state index contributed by atoms with van der Waals surface area (Å²) in [5, 5.41) is 15.8. The molecule has 5 rings (SSSR count). The van der Waals surface area contributed by atoms with E-state index in [0.717, 1.165) is 48.4 Å². The van der Waals surface area contributed by atoms with Crippen molar-refractivity contribution in [1.29, 1.82) is 5.26 Å². The summed E-state index contributed by atoms with van der Waals surface area (Å²) in [6.07, 6.45) is 0.489. The number of halogens is 1. The Morgan fingerprint density at radius 1 is 0.975 bits per heavy atom. The number of nitrogens with one attached hydrogen (secondary N) is 2. The molecule has 2 N–H and O–H groups in total. The lowest BCUT2D eigenvalue weighted by Gasteiger charge is -2.29. The zero-order valence-electron chi connectivity index (χ0n) is 23.2. The van der Waals surface area contributed by atoms with Gasteiger partial charge < -0.3 is 20.3 Å². The van der Waals surface area contributed by atoms with Crippen molar-refractivity contribution in [3.05, 3.63) is 89.7 Å². The Balaban J connectivity index is 1.38. The predicted molar refractivity (Wildman–Crippen MR) is 155 cm³/mol. The van der Waals surface area contributed by atoms with E-state index in [1.54, 1.807) is 12.1 Å². The molecule has 1 aliphatic carbocycles. The quantitative estimate of drug-likeness (QED) is 0.350. The number of carbonyl (C=O) groups is 1. The molecule has 2 fully saturated rings. The van der Waals surface area contributed by atoms with Crippen LogP contribution in [0.25, 0.3) is 11.1 Å². The number of amides is 1. The number of nitriles is 1. The van der Waals surface area contributed by atoms with E-state index >= 15 is 0 Å². The van der Waals surface area contributed by atoms with Crippen molar-refractivity contribution >= 4 is 11.6 Å². The van der Waals surface area contributed by atoms with E-state index in [-0.39, 0.29) is 17.6 Å². The highest BCUT2D eigenvalue weighted by atomic mass is 19.1. The van der Waals surface area contributed by atoms with Gasteiger partial charge in [-0.15, -0.1) is 0 Å². The fourth-order valence-electron chi connectivity index (χ4n) is 5.15. The number of piperazine rings is 1. The maximum atomic E-state index is 13.8. The number of nitrogens with zero attached hydrogens (tertiary/aromatic N) is 2. The first-order chi connectivity index (χ1) is 19.4. The molecule has 1 heterocycles. The van der Waals surface area contributed by atoms with Gasteiger partial charge in [0.25, 0.3) is 0 Å². The largest absolute Gasteiger partial charge is 0.369 e. The third-order valence-corrected chi connectivity index (χ3v) is 7.67. The van der Waals surface area contributed by atoms with Crippen molar-refractivity contribution in [3.8, 4) is 17.2 Å². The maximum absolute atomic E-state index is 13.8. The van der Waals surface area contributed by atoms with Gasteiger partial charge in [-0.3, -0.25) is 4.79 Å². The summed E-state index contributed by atoms with van der Waals surface area (Å²) in [7, 11) is 0. The summed E-state index contributed by atoms with van der Waals surface area (Å²) in [5.41, 5.74) is 4.28. The van der Waals surface area contributed by atoms with Gasteiger partial charge in [0, 0.05) is 31.9 Å². The minimum atomic E-state index is -0.775.